The summed E-state index contributed by atoms with van der Waals surface area (Å²) in [5.41, 5.74) is 2.32. The molecule has 1 aromatic heterocycles. The van der Waals surface area contributed by atoms with E-state index in [0.29, 0.717) is 11.4 Å². The zero-order chi connectivity index (χ0) is 17.2. The summed E-state index contributed by atoms with van der Waals surface area (Å²) in [6, 6.07) is 19.4. The molecule has 4 aromatic rings. The Morgan fingerprint density at radius 2 is 1.84 bits per heavy atom. The number of methoxy groups -OCH3 is 1. The number of amides is 1. The Labute approximate surface area is 145 Å². The minimum Gasteiger partial charge on any atom is -0.495 e. The third kappa shape index (κ3) is 2.83. The molecule has 0 aliphatic heterocycles. The van der Waals surface area contributed by atoms with Gasteiger partial charge in [-0.2, -0.15) is 0 Å². The van der Waals surface area contributed by atoms with E-state index < -0.39 is 0 Å². The Kier molecular flexibility index (Phi) is 3.86. The van der Waals surface area contributed by atoms with Crippen LogP contribution in [0, 0.1) is 0 Å². The third-order valence-electron chi connectivity index (χ3n) is 4.27. The van der Waals surface area contributed by atoms with Crippen LogP contribution in [0.15, 0.2) is 71.3 Å². The van der Waals surface area contributed by atoms with Gasteiger partial charge >= 0.3 is 0 Å². The summed E-state index contributed by atoms with van der Waals surface area (Å²) in [7, 11) is 1.58. The molecule has 1 N–H and O–H groups in total. The summed E-state index contributed by atoms with van der Waals surface area (Å²) in [5, 5.41) is 6.12. The van der Waals surface area contributed by atoms with Gasteiger partial charge in [0.2, 0.25) is 5.91 Å². The summed E-state index contributed by atoms with van der Waals surface area (Å²) in [6.07, 6.45) is 1.90. The second kappa shape index (κ2) is 6.32. The van der Waals surface area contributed by atoms with E-state index in [2.05, 4.69) is 17.4 Å². The largest absolute Gasteiger partial charge is 0.495 e. The fourth-order valence-corrected chi connectivity index (χ4v) is 3.12. The molecule has 0 fully saturated rings. The van der Waals surface area contributed by atoms with Crippen molar-refractivity contribution in [2.45, 2.75) is 6.42 Å². The van der Waals surface area contributed by atoms with E-state index >= 15 is 0 Å². The molecular weight excluding hydrogens is 314 g/mol. The molecular formula is C21H17NO3. The molecule has 0 saturated heterocycles. The van der Waals surface area contributed by atoms with Crippen LogP contribution in [0.25, 0.3) is 21.7 Å². The Bertz CT molecular complexity index is 1070. The van der Waals surface area contributed by atoms with Crippen molar-refractivity contribution >= 4 is 33.3 Å². The second-order valence-electron chi connectivity index (χ2n) is 5.85. The van der Waals surface area contributed by atoms with E-state index in [0.717, 1.165) is 27.3 Å². The number of nitrogens with one attached hydrogen (secondary N) is 1. The van der Waals surface area contributed by atoms with Crippen LogP contribution in [-0.4, -0.2) is 13.0 Å². The fraction of sp³-hybridized carbons (Fsp3) is 0.0952. The van der Waals surface area contributed by atoms with Gasteiger partial charge in [0.05, 0.1) is 25.5 Å². The first-order valence-electron chi connectivity index (χ1n) is 8.07. The lowest BCUT2D eigenvalue weighted by Gasteiger charge is -2.09. The number of hydrogen-bond acceptors (Lipinski definition) is 3. The summed E-state index contributed by atoms with van der Waals surface area (Å²) >= 11 is 0. The van der Waals surface area contributed by atoms with Crippen molar-refractivity contribution in [3.05, 3.63) is 72.5 Å². The standard InChI is InChI=1S/C21H17NO3/c1-24-18-9-5-4-8-17(18)22-20(23)12-15-13-25-19-11-10-14-6-2-3-7-16(14)21(15)19/h2-11,13H,12H2,1H3,(H,22,23). The molecule has 124 valence electrons. The van der Waals surface area contributed by atoms with Crippen LogP contribution in [0.1, 0.15) is 5.56 Å². The predicted octanol–water partition coefficient (Wildman–Crippen LogP) is 4.78. The van der Waals surface area contributed by atoms with Crippen molar-refractivity contribution in [3.8, 4) is 5.75 Å². The van der Waals surface area contributed by atoms with Crippen molar-refractivity contribution < 1.29 is 13.9 Å². The van der Waals surface area contributed by atoms with Gasteiger partial charge in [-0.05, 0) is 29.0 Å². The van der Waals surface area contributed by atoms with Gasteiger partial charge in [-0.15, -0.1) is 0 Å². The molecule has 0 unspecified atom stereocenters. The Morgan fingerprint density at radius 1 is 1.04 bits per heavy atom. The van der Waals surface area contributed by atoms with E-state index in [-0.39, 0.29) is 12.3 Å². The van der Waals surface area contributed by atoms with E-state index in [1.807, 2.05) is 48.5 Å². The van der Waals surface area contributed by atoms with Gasteiger partial charge in [-0.25, -0.2) is 0 Å². The van der Waals surface area contributed by atoms with Crippen LogP contribution >= 0.6 is 0 Å². The molecule has 0 spiro atoms. The van der Waals surface area contributed by atoms with Crippen LogP contribution < -0.4 is 10.1 Å². The second-order valence-corrected chi connectivity index (χ2v) is 5.85. The van der Waals surface area contributed by atoms with Gasteiger partial charge in [0, 0.05) is 10.9 Å². The number of hydrogen-bond donors (Lipinski definition) is 1. The molecule has 0 bridgehead atoms. The van der Waals surface area contributed by atoms with Crippen LogP contribution in [0.4, 0.5) is 5.69 Å². The van der Waals surface area contributed by atoms with Gasteiger partial charge in [0.25, 0.3) is 0 Å². The molecule has 1 amide bonds. The Balaban J connectivity index is 1.66. The maximum Gasteiger partial charge on any atom is 0.229 e. The first-order chi connectivity index (χ1) is 12.3. The highest BCUT2D eigenvalue weighted by atomic mass is 16.5. The van der Waals surface area contributed by atoms with Crippen LogP contribution in [0.3, 0.4) is 0 Å². The number of carbonyl (C=O) groups is 1. The number of furan rings is 1. The topological polar surface area (TPSA) is 51.5 Å². The van der Waals surface area contributed by atoms with Gasteiger partial charge in [-0.1, -0.05) is 42.5 Å². The van der Waals surface area contributed by atoms with Crippen molar-refractivity contribution in [2.75, 3.05) is 12.4 Å². The minimum absolute atomic E-state index is 0.111. The van der Waals surface area contributed by atoms with Gasteiger partial charge in [0.1, 0.15) is 11.3 Å². The maximum absolute atomic E-state index is 12.5. The molecule has 1 heterocycles. The number of fused-ring (bicyclic) bond motifs is 3. The van der Waals surface area contributed by atoms with Gasteiger partial charge < -0.3 is 14.5 Å². The molecule has 25 heavy (non-hydrogen) atoms. The van der Waals surface area contributed by atoms with E-state index in [1.54, 1.807) is 13.4 Å². The normalized spacial score (nSPS) is 10.9. The van der Waals surface area contributed by atoms with Gasteiger partial charge in [-0.3, -0.25) is 4.79 Å². The lowest BCUT2D eigenvalue weighted by molar-refractivity contribution is -0.115. The first kappa shape index (κ1) is 15.3. The highest BCUT2D eigenvalue weighted by Crippen LogP contribution is 2.30. The van der Waals surface area contributed by atoms with Crippen molar-refractivity contribution in [1.82, 2.24) is 0 Å². The number of benzene rings is 3. The molecule has 0 aliphatic carbocycles. The number of para-hydroxylation sites is 2. The zero-order valence-electron chi connectivity index (χ0n) is 13.8. The lowest BCUT2D eigenvalue weighted by atomic mass is 10.0. The SMILES string of the molecule is COc1ccccc1NC(=O)Cc1coc2ccc3ccccc3c12. The fourth-order valence-electron chi connectivity index (χ4n) is 3.12. The van der Waals surface area contributed by atoms with Crippen LogP contribution in [0.2, 0.25) is 0 Å². The highest BCUT2D eigenvalue weighted by molar-refractivity contribution is 6.09. The molecule has 0 aliphatic rings. The lowest BCUT2D eigenvalue weighted by Crippen LogP contribution is -2.14. The molecule has 4 heteroatoms. The summed E-state index contributed by atoms with van der Waals surface area (Å²) in [6.45, 7) is 0. The number of ether oxygens (including phenoxy) is 1. The van der Waals surface area contributed by atoms with E-state index in [4.69, 9.17) is 9.15 Å². The first-order valence-corrected chi connectivity index (χ1v) is 8.07. The average molecular weight is 331 g/mol. The predicted molar refractivity (Wildman–Crippen MR) is 99.0 cm³/mol. The monoisotopic (exact) mass is 331 g/mol. The Morgan fingerprint density at radius 3 is 2.72 bits per heavy atom. The smallest absolute Gasteiger partial charge is 0.229 e. The molecule has 0 atom stereocenters. The summed E-state index contributed by atoms with van der Waals surface area (Å²) in [5.74, 6) is 0.526. The quantitative estimate of drug-likeness (QED) is 0.586. The minimum atomic E-state index is -0.111. The number of carbonyl (C=O) groups excluding carboxylic acids is 1. The van der Waals surface area contributed by atoms with Crippen molar-refractivity contribution in [1.29, 1.82) is 0 Å². The van der Waals surface area contributed by atoms with E-state index in [9.17, 15) is 4.79 Å². The van der Waals surface area contributed by atoms with Crippen LogP contribution in [-0.2, 0) is 11.2 Å². The summed E-state index contributed by atoms with van der Waals surface area (Å²) in [4.78, 5) is 12.5. The number of rotatable bonds is 4. The molecule has 4 nitrogen and oxygen atoms in total. The number of anilines is 1. The van der Waals surface area contributed by atoms with Crippen molar-refractivity contribution in [3.63, 3.8) is 0 Å². The maximum atomic E-state index is 12.5. The van der Waals surface area contributed by atoms with Crippen LogP contribution in [0.5, 0.6) is 5.75 Å². The summed E-state index contributed by atoms with van der Waals surface area (Å²) < 4.78 is 10.9. The van der Waals surface area contributed by atoms with E-state index in [1.165, 1.54) is 0 Å². The average Bonchev–Trinajstić information content (AvgIpc) is 3.05. The zero-order valence-corrected chi connectivity index (χ0v) is 13.8. The molecule has 0 saturated carbocycles. The van der Waals surface area contributed by atoms with Gasteiger partial charge in [0.15, 0.2) is 0 Å². The third-order valence-corrected chi connectivity index (χ3v) is 4.27. The Hall–Kier alpha value is -3.27. The highest BCUT2D eigenvalue weighted by Gasteiger charge is 2.14. The molecule has 3 aromatic carbocycles. The molecule has 4 rings (SSSR count). The van der Waals surface area contributed by atoms with Crippen molar-refractivity contribution in [2.24, 2.45) is 0 Å². The molecule has 0 radical (unpaired) electrons.